The summed E-state index contributed by atoms with van der Waals surface area (Å²) in [6, 6.07) is 7.22. The van der Waals surface area contributed by atoms with Crippen molar-refractivity contribution in [1.29, 1.82) is 0 Å². The SMILES string of the molecule is O=C(O)c1cnc(Cc2ccc(Cn3ccccc3=O)c(F)c2F)o1. The van der Waals surface area contributed by atoms with E-state index in [2.05, 4.69) is 4.98 Å². The van der Waals surface area contributed by atoms with Crippen molar-refractivity contribution in [1.82, 2.24) is 9.55 Å². The largest absolute Gasteiger partial charge is 0.475 e. The molecule has 25 heavy (non-hydrogen) atoms. The van der Waals surface area contributed by atoms with Gasteiger partial charge in [-0.25, -0.2) is 18.6 Å². The van der Waals surface area contributed by atoms with Crippen LogP contribution < -0.4 is 5.56 Å². The summed E-state index contributed by atoms with van der Waals surface area (Å²) in [6.07, 6.45) is 2.29. The van der Waals surface area contributed by atoms with E-state index in [4.69, 9.17) is 9.52 Å². The summed E-state index contributed by atoms with van der Waals surface area (Å²) in [5, 5.41) is 8.77. The highest BCUT2D eigenvalue weighted by Crippen LogP contribution is 2.20. The molecule has 0 saturated carbocycles. The fraction of sp³-hybridized carbons (Fsp3) is 0.118. The van der Waals surface area contributed by atoms with Gasteiger partial charge >= 0.3 is 5.97 Å². The Hall–Kier alpha value is -3.29. The fourth-order valence-electron chi connectivity index (χ4n) is 2.32. The molecule has 3 aromatic rings. The van der Waals surface area contributed by atoms with Gasteiger partial charge in [0.2, 0.25) is 5.76 Å². The number of aromatic nitrogens is 2. The number of benzene rings is 1. The number of carboxylic acids is 1. The highest BCUT2D eigenvalue weighted by atomic mass is 19.2. The molecule has 2 aromatic heterocycles. The predicted octanol–water partition coefficient (Wildman–Crippen LogP) is 2.45. The van der Waals surface area contributed by atoms with Crippen LogP contribution in [0.25, 0.3) is 0 Å². The lowest BCUT2D eigenvalue weighted by molar-refractivity contribution is 0.0660. The molecule has 8 heteroatoms. The van der Waals surface area contributed by atoms with Crippen molar-refractivity contribution in [3.05, 3.63) is 87.5 Å². The molecule has 0 spiro atoms. The molecule has 0 aliphatic carbocycles. The highest BCUT2D eigenvalue weighted by Gasteiger charge is 2.17. The molecule has 128 valence electrons. The third-order valence-electron chi connectivity index (χ3n) is 3.59. The minimum absolute atomic E-state index is 0.0215. The molecule has 1 aromatic carbocycles. The van der Waals surface area contributed by atoms with Crippen LogP contribution in [-0.4, -0.2) is 20.6 Å². The Morgan fingerprint density at radius 2 is 1.88 bits per heavy atom. The second kappa shape index (κ2) is 6.68. The van der Waals surface area contributed by atoms with Gasteiger partial charge in [0, 0.05) is 23.4 Å². The molecule has 0 amide bonds. The van der Waals surface area contributed by atoms with E-state index >= 15 is 0 Å². The smallest absolute Gasteiger partial charge is 0.373 e. The van der Waals surface area contributed by atoms with Crippen molar-refractivity contribution >= 4 is 5.97 Å². The molecular weight excluding hydrogens is 334 g/mol. The molecule has 2 heterocycles. The summed E-state index contributed by atoms with van der Waals surface area (Å²) in [7, 11) is 0. The lowest BCUT2D eigenvalue weighted by Gasteiger charge is -2.09. The van der Waals surface area contributed by atoms with Crippen LogP contribution in [0.3, 0.4) is 0 Å². The van der Waals surface area contributed by atoms with Gasteiger partial charge in [0.15, 0.2) is 17.5 Å². The first kappa shape index (κ1) is 16.6. The van der Waals surface area contributed by atoms with Crippen molar-refractivity contribution in [2.24, 2.45) is 0 Å². The molecular formula is C17H12F2N2O4. The number of halogens is 2. The first-order chi connectivity index (χ1) is 12.0. The molecule has 0 fully saturated rings. The zero-order valence-corrected chi connectivity index (χ0v) is 12.8. The zero-order valence-electron chi connectivity index (χ0n) is 12.8. The lowest BCUT2D eigenvalue weighted by Crippen LogP contribution is -2.19. The normalized spacial score (nSPS) is 10.8. The Labute approximate surface area is 140 Å². The summed E-state index contributed by atoms with van der Waals surface area (Å²) in [4.78, 5) is 26.1. The van der Waals surface area contributed by atoms with E-state index in [1.54, 1.807) is 12.1 Å². The number of carbonyl (C=O) groups is 1. The summed E-state index contributed by atoms with van der Waals surface area (Å²) in [6.45, 7) is -0.106. The van der Waals surface area contributed by atoms with Crippen LogP contribution in [0.1, 0.15) is 27.6 Å². The van der Waals surface area contributed by atoms with Crippen LogP contribution in [0.5, 0.6) is 0 Å². The molecule has 0 aliphatic rings. The van der Waals surface area contributed by atoms with Crippen LogP contribution in [0.15, 0.2) is 51.9 Å². The number of rotatable bonds is 5. The predicted molar refractivity (Wildman–Crippen MR) is 82.4 cm³/mol. The molecule has 0 unspecified atom stereocenters. The summed E-state index contributed by atoms with van der Waals surface area (Å²) >= 11 is 0. The Kier molecular flexibility index (Phi) is 4.42. The van der Waals surface area contributed by atoms with E-state index in [0.29, 0.717) is 0 Å². The van der Waals surface area contributed by atoms with Crippen molar-refractivity contribution < 1.29 is 23.1 Å². The van der Waals surface area contributed by atoms with E-state index in [1.807, 2.05) is 0 Å². The molecule has 0 aliphatic heterocycles. The van der Waals surface area contributed by atoms with Gasteiger partial charge in [-0.05, 0) is 6.07 Å². The van der Waals surface area contributed by atoms with Crippen LogP contribution in [0.2, 0.25) is 0 Å². The molecule has 0 saturated heterocycles. The maximum absolute atomic E-state index is 14.3. The van der Waals surface area contributed by atoms with Crippen molar-refractivity contribution in [3.63, 3.8) is 0 Å². The molecule has 0 atom stereocenters. The van der Waals surface area contributed by atoms with Crippen molar-refractivity contribution in [3.8, 4) is 0 Å². The summed E-state index contributed by atoms with van der Waals surface area (Å²) < 4.78 is 34.7. The van der Waals surface area contributed by atoms with E-state index in [0.717, 1.165) is 6.20 Å². The molecule has 0 bridgehead atoms. The Bertz CT molecular complexity index is 994. The van der Waals surface area contributed by atoms with Gasteiger partial charge in [0.1, 0.15) is 0 Å². The number of carboxylic acid groups (broad SMARTS) is 1. The Balaban J connectivity index is 1.86. The number of hydrogen-bond donors (Lipinski definition) is 1. The Morgan fingerprint density at radius 3 is 2.56 bits per heavy atom. The number of nitrogens with zero attached hydrogens (tertiary/aromatic N) is 2. The maximum atomic E-state index is 14.3. The van der Waals surface area contributed by atoms with Gasteiger partial charge in [0.05, 0.1) is 19.2 Å². The fourth-order valence-corrected chi connectivity index (χ4v) is 2.32. The van der Waals surface area contributed by atoms with Gasteiger partial charge < -0.3 is 14.1 Å². The topological polar surface area (TPSA) is 85.3 Å². The standard InChI is InChI=1S/C17H12F2N2O4/c18-15-10(7-13-20-8-12(25-13)17(23)24)4-5-11(16(15)19)9-21-6-2-1-3-14(21)22/h1-6,8H,7,9H2,(H,23,24). The second-order valence-corrected chi connectivity index (χ2v) is 5.28. The third kappa shape index (κ3) is 3.47. The van der Waals surface area contributed by atoms with Gasteiger partial charge in [-0.3, -0.25) is 4.79 Å². The number of pyridine rings is 1. The molecule has 6 nitrogen and oxygen atoms in total. The molecule has 1 N–H and O–H groups in total. The maximum Gasteiger partial charge on any atom is 0.373 e. The molecule has 0 radical (unpaired) electrons. The number of hydrogen-bond acceptors (Lipinski definition) is 4. The number of aromatic carboxylic acids is 1. The summed E-state index contributed by atoms with van der Waals surface area (Å²) in [5.74, 6) is -3.87. The highest BCUT2D eigenvalue weighted by molar-refractivity contribution is 5.83. The van der Waals surface area contributed by atoms with Crippen LogP contribution in [0, 0.1) is 11.6 Å². The minimum Gasteiger partial charge on any atom is -0.475 e. The van der Waals surface area contributed by atoms with Gasteiger partial charge in [-0.15, -0.1) is 0 Å². The first-order valence-electron chi connectivity index (χ1n) is 7.25. The van der Waals surface area contributed by atoms with E-state index < -0.39 is 17.6 Å². The van der Waals surface area contributed by atoms with Crippen LogP contribution >= 0.6 is 0 Å². The van der Waals surface area contributed by atoms with Gasteiger partial charge in [0.25, 0.3) is 5.56 Å². The minimum atomic E-state index is -1.30. The third-order valence-corrected chi connectivity index (χ3v) is 3.59. The Morgan fingerprint density at radius 1 is 1.16 bits per heavy atom. The van der Waals surface area contributed by atoms with Crippen LogP contribution in [0.4, 0.5) is 8.78 Å². The van der Waals surface area contributed by atoms with Crippen molar-refractivity contribution in [2.45, 2.75) is 13.0 Å². The average Bonchev–Trinajstić information content (AvgIpc) is 3.05. The quantitative estimate of drug-likeness (QED) is 0.767. The first-order valence-corrected chi connectivity index (χ1v) is 7.25. The average molecular weight is 346 g/mol. The zero-order chi connectivity index (χ0) is 18.0. The summed E-state index contributed by atoms with van der Waals surface area (Å²) in [5.41, 5.74) is -0.332. The van der Waals surface area contributed by atoms with E-state index in [9.17, 15) is 18.4 Å². The molecule has 3 rings (SSSR count). The number of oxazole rings is 1. The lowest BCUT2D eigenvalue weighted by atomic mass is 10.1. The van der Waals surface area contributed by atoms with Crippen molar-refractivity contribution in [2.75, 3.05) is 0 Å². The van der Waals surface area contributed by atoms with Gasteiger partial charge in [-0.2, -0.15) is 0 Å². The van der Waals surface area contributed by atoms with E-state index in [1.165, 1.54) is 29.0 Å². The van der Waals surface area contributed by atoms with Crippen LogP contribution in [-0.2, 0) is 13.0 Å². The van der Waals surface area contributed by atoms with E-state index in [-0.39, 0.29) is 41.3 Å². The monoisotopic (exact) mass is 346 g/mol. The second-order valence-electron chi connectivity index (χ2n) is 5.28. The van der Waals surface area contributed by atoms with Gasteiger partial charge in [-0.1, -0.05) is 18.2 Å².